The van der Waals surface area contributed by atoms with Crippen LogP contribution >= 0.6 is 15.9 Å². The predicted octanol–water partition coefficient (Wildman–Crippen LogP) is 1.99. The maximum atomic E-state index is 13.0. The number of hydrogen-bond acceptors (Lipinski definition) is 3. The fraction of sp³-hybridized carbons (Fsp3) is 0.500. The second-order valence-electron chi connectivity index (χ2n) is 4.73. The number of nitrogens with one attached hydrogen (secondary N) is 1. The molecule has 3 N–H and O–H groups in total. The molecule has 0 heterocycles. The zero-order chi connectivity index (χ0) is 14.0. The van der Waals surface area contributed by atoms with Gasteiger partial charge in [-0.1, -0.05) is 6.42 Å². The molecule has 0 bridgehead atoms. The summed E-state index contributed by atoms with van der Waals surface area (Å²) in [7, 11) is -3.65. The molecule has 7 heteroatoms. The molecule has 1 aromatic rings. The molecule has 0 aromatic heterocycles. The predicted molar refractivity (Wildman–Crippen MR) is 74.6 cm³/mol. The van der Waals surface area contributed by atoms with Gasteiger partial charge in [-0.15, -0.1) is 0 Å². The monoisotopic (exact) mass is 350 g/mol. The highest BCUT2D eigenvalue weighted by Crippen LogP contribution is 2.28. The topological polar surface area (TPSA) is 72.2 Å². The average molecular weight is 351 g/mol. The lowest BCUT2D eigenvalue weighted by Gasteiger charge is -2.19. The lowest BCUT2D eigenvalue weighted by Crippen LogP contribution is -2.39. The molecule has 19 heavy (non-hydrogen) atoms. The van der Waals surface area contributed by atoms with E-state index in [0.717, 1.165) is 31.4 Å². The largest absolute Gasteiger partial charge is 0.330 e. The van der Waals surface area contributed by atoms with Crippen LogP contribution < -0.4 is 10.5 Å². The summed E-state index contributed by atoms with van der Waals surface area (Å²) >= 11 is 3.08. The number of hydrogen-bond donors (Lipinski definition) is 2. The van der Waals surface area contributed by atoms with Crippen LogP contribution in [0.15, 0.2) is 27.6 Å². The van der Waals surface area contributed by atoms with Crippen LogP contribution in [0, 0.1) is 11.7 Å². The normalized spacial score (nSPS) is 23.7. The number of rotatable bonds is 4. The van der Waals surface area contributed by atoms with Gasteiger partial charge in [0.2, 0.25) is 10.0 Å². The Hall–Kier alpha value is -0.500. The van der Waals surface area contributed by atoms with Crippen molar-refractivity contribution in [1.82, 2.24) is 4.72 Å². The standard InChI is InChI=1S/C12H16BrFN2O2S/c13-10-6-9(14)4-5-12(10)19(17,18)16-11-3-1-2-8(11)7-15/h4-6,8,11,16H,1-3,7,15H2/t8-,11+/m1/s1. The molecule has 4 nitrogen and oxygen atoms in total. The van der Waals surface area contributed by atoms with Crippen molar-refractivity contribution in [2.45, 2.75) is 30.2 Å². The molecule has 1 fully saturated rings. The van der Waals surface area contributed by atoms with Gasteiger partial charge in [-0.2, -0.15) is 0 Å². The number of halogens is 2. The molecule has 0 radical (unpaired) electrons. The molecule has 0 unspecified atom stereocenters. The van der Waals surface area contributed by atoms with Gasteiger partial charge in [0.15, 0.2) is 0 Å². The summed E-state index contributed by atoms with van der Waals surface area (Å²) < 4.78 is 40.4. The van der Waals surface area contributed by atoms with Crippen molar-refractivity contribution >= 4 is 26.0 Å². The van der Waals surface area contributed by atoms with Gasteiger partial charge < -0.3 is 5.73 Å². The first-order valence-electron chi connectivity index (χ1n) is 6.11. The first kappa shape index (κ1) is 14.9. The highest BCUT2D eigenvalue weighted by molar-refractivity contribution is 9.10. The van der Waals surface area contributed by atoms with Gasteiger partial charge in [-0.25, -0.2) is 17.5 Å². The highest BCUT2D eigenvalue weighted by atomic mass is 79.9. The van der Waals surface area contributed by atoms with Crippen molar-refractivity contribution in [2.24, 2.45) is 11.7 Å². The molecule has 1 aliphatic rings. The molecule has 2 rings (SSSR count). The Morgan fingerprint density at radius 3 is 2.79 bits per heavy atom. The lowest BCUT2D eigenvalue weighted by atomic mass is 10.1. The van der Waals surface area contributed by atoms with Gasteiger partial charge in [-0.05, 0) is 59.4 Å². The van der Waals surface area contributed by atoms with E-state index in [9.17, 15) is 12.8 Å². The van der Waals surface area contributed by atoms with Gasteiger partial charge >= 0.3 is 0 Å². The van der Waals surface area contributed by atoms with E-state index in [1.165, 1.54) is 6.07 Å². The zero-order valence-corrected chi connectivity index (χ0v) is 12.7. The summed E-state index contributed by atoms with van der Waals surface area (Å²) in [5, 5.41) is 0. The zero-order valence-electron chi connectivity index (χ0n) is 10.3. The van der Waals surface area contributed by atoms with Crippen LogP contribution in [-0.2, 0) is 10.0 Å². The summed E-state index contributed by atoms with van der Waals surface area (Å²) in [6, 6.07) is 3.40. The summed E-state index contributed by atoms with van der Waals surface area (Å²) in [4.78, 5) is 0.0524. The van der Waals surface area contributed by atoms with Crippen LogP contribution in [0.25, 0.3) is 0 Å². The Labute approximate surface area is 120 Å². The molecule has 0 amide bonds. The Morgan fingerprint density at radius 2 is 2.16 bits per heavy atom. The first-order valence-corrected chi connectivity index (χ1v) is 8.39. The van der Waals surface area contributed by atoms with Crippen molar-refractivity contribution in [3.8, 4) is 0 Å². The third-order valence-electron chi connectivity index (χ3n) is 3.45. The molecule has 106 valence electrons. The Kier molecular flexibility index (Phi) is 4.60. The molecule has 0 spiro atoms. The molecule has 1 aromatic carbocycles. The Balaban J connectivity index is 2.23. The van der Waals surface area contributed by atoms with E-state index in [2.05, 4.69) is 20.7 Å². The molecule has 0 aliphatic heterocycles. The third-order valence-corrected chi connectivity index (χ3v) is 5.92. The molecule has 0 saturated heterocycles. The van der Waals surface area contributed by atoms with Crippen molar-refractivity contribution in [3.05, 3.63) is 28.5 Å². The minimum Gasteiger partial charge on any atom is -0.330 e. The Morgan fingerprint density at radius 1 is 1.42 bits per heavy atom. The third kappa shape index (κ3) is 3.34. The van der Waals surface area contributed by atoms with Gasteiger partial charge in [0.25, 0.3) is 0 Å². The van der Waals surface area contributed by atoms with Gasteiger partial charge in [0, 0.05) is 10.5 Å². The van der Waals surface area contributed by atoms with Crippen LogP contribution in [-0.4, -0.2) is 21.0 Å². The van der Waals surface area contributed by atoms with Crippen LogP contribution in [0.3, 0.4) is 0 Å². The van der Waals surface area contributed by atoms with E-state index in [4.69, 9.17) is 5.73 Å². The first-order chi connectivity index (χ1) is 8.94. The molecule has 1 saturated carbocycles. The number of nitrogens with two attached hydrogens (primary N) is 1. The van der Waals surface area contributed by atoms with E-state index in [-0.39, 0.29) is 21.3 Å². The number of benzene rings is 1. The van der Waals surface area contributed by atoms with Gasteiger partial charge in [0.05, 0.1) is 4.90 Å². The van der Waals surface area contributed by atoms with Crippen molar-refractivity contribution in [1.29, 1.82) is 0 Å². The van der Waals surface area contributed by atoms with Gasteiger partial charge in [-0.3, -0.25) is 0 Å². The Bertz CT molecular complexity index is 565. The number of sulfonamides is 1. The average Bonchev–Trinajstić information content (AvgIpc) is 2.74. The smallest absolute Gasteiger partial charge is 0.241 e. The second kappa shape index (κ2) is 5.87. The van der Waals surface area contributed by atoms with Crippen LogP contribution in [0.4, 0.5) is 4.39 Å². The summed E-state index contributed by atoms with van der Waals surface area (Å²) in [5.74, 6) is -0.305. The maximum absolute atomic E-state index is 13.0. The SMILES string of the molecule is NC[C@H]1CCC[C@@H]1NS(=O)(=O)c1ccc(F)cc1Br. The fourth-order valence-electron chi connectivity index (χ4n) is 2.43. The second-order valence-corrected chi connectivity index (χ2v) is 7.27. The van der Waals surface area contributed by atoms with E-state index < -0.39 is 15.8 Å². The van der Waals surface area contributed by atoms with Crippen molar-refractivity contribution in [3.63, 3.8) is 0 Å². The minimum absolute atomic E-state index is 0.0524. The van der Waals surface area contributed by atoms with Crippen molar-refractivity contribution in [2.75, 3.05) is 6.54 Å². The van der Waals surface area contributed by atoms with E-state index in [1.807, 2.05) is 0 Å². The molecular weight excluding hydrogens is 335 g/mol. The molecule has 2 atom stereocenters. The van der Waals surface area contributed by atoms with Crippen molar-refractivity contribution < 1.29 is 12.8 Å². The van der Waals surface area contributed by atoms with E-state index in [0.29, 0.717) is 6.54 Å². The maximum Gasteiger partial charge on any atom is 0.241 e. The molecule has 1 aliphatic carbocycles. The quantitative estimate of drug-likeness (QED) is 0.872. The minimum atomic E-state index is -3.65. The van der Waals surface area contributed by atoms with Gasteiger partial charge in [0.1, 0.15) is 5.82 Å². The highest BCUT2D eigenvalue weighted by Gasteiger charge is 2.31. The summed E-state index contributed by atoms with van der Waals surface area (Å²) in [5.41, 5.74) is 5.64. The van der Waals surface area contributed by atoms with E-state index >= 15 is 0 Å². The van der Waals surface area contributed by atoms with Crippen LogP contribution in [0.2, 0.25) is 0 Å². The van der Waals surface area contributed by atoms with Crippen LogP contribution in [0.1, 0.15) is 19.3 Å². The lowest BCUT2D eigenvalue weighted by molar-refractivity contribution is 0.452. The van der Waals surface area contributed by atoms with Crippen LogP contribution in [0.5, 0.6) is 0 Å². The molecular formula is C12H16BrFN2O2S. The summed E-state index contributed by atoms with van der Waals surface area (Å²) in [6.45, 7) is 0.470. The summed E-state index contributed by atoms with van der Waals surface area (Å²) in [6.07, 6.45) is 2.70. The van der Waals surface area contributed by atoms with E-state index in [1.54, 1.807) is 0 Å². The fourth-order valence-corrected chi connectivity index (χ4v) is 4.82.